The van der Waals surface area contributed by atoms with Crippen LogP contribution in [-0.4, -0.2) is 12.2 Å². The van der Waals surface area contributed by atoms with Crippen LogP contribution in [0.3, 0.4) is 0 Å². The van der Waals surface area contributed by atoms with E-state index >= 15 is 0 Å². The van der Waals surface area contributed by atoms with Crippen molar-refractivity contribution in [3.05, 3.63) is 0 Å². The highest BCUT2D eigenvalue weighted by molar-refractivity contribution is 7.33. The van der Waals surface area contributed by atoms with E-state index in [1.54, 1.807) is 0 Å². The summed E-state index contributed by atoms with van der Waals surface area (Å²) in [6.07, 6.45) is 18.6. The Labute approximate surface area is 165 Å². The largest absolute Gasteiger partial charge is 0.697 e. The van der Waals surface area contributed by atoms with Crippen LogP contribution in [0.25, 0.3) is 0 Å². The molecule has 0 amide bonds. The van der Waals surface area contributed by atoms with E-state index < -0.39 is 8.25 Å². The van der Waals surface area contributed by atoms with Gasteiger partial charge in [0.1, 0.15) is 12.2 Å². The summed E-state index contributed by atoms with van der Waals surface area (Å²) in [5.41, 5.74) is 0. The first kappa shape index (κ1) is 26.0. The van der Waals surface area contributed by atoms with Crippen molar-refractivity contribution in [1.29, 1.82) is 0 Å². The quantitative estimate of drug-likeness (QED) is 0.154. The third kappa shape index (κ3) is 16.2. The lowest BCUT2D eigenvalue weighted by Gasteiger charge is -2.13. The van der Waals surface area contributed by atoms with Crippen LogP contribution in [0.2, 0.25) is 0 Å². The molecule has 0 bridgehead atoms. The van der Waals surface area contributed by atoms with E-state index in [4.69, 9.17) is 9.05 Å². The Balaban J connectivity index is 4.41. The van der Waals surface area contributed by atoms with Crippen LogP contribution < -0.4 is 0 Å². The van der Waals surface area contributed by atoms with Crippen LogP contribution in [0.4, 0.5) is 0 Å². The molecule has 0 N–H and O–H groups in total. The van der Waals surface area contributed by atoms with Gasteiger partial charge < -0.3 is 0 Å². The van der Waals surface area contributed by atoms with E-state index in [0.29, 0.717) is 0 Å². The zero-order valence-electron chi connectivity index (χ0n) is 18.1. The average Bonchev–Trinajstić information content (AvgIpc) is 2.62. The van der Waals surface area contributed by atoms with Crippen molar-refractivity contribution in [2.24, 2.45) is 0 Å². The maximum absolute atomic E-state index is 12.5. The summed E-state index contributed by atoms with van der Waals surface area (Å²) in [6, 6.07) is 0. The Morgan fingerprint density at radius 1 is 0.538 bits per heavy atom. The van der Waals surface area contributed by atoms with Gasteiger partial charge in [-0.25, -0.2) is 0 Å². The molecule has 0 unspecified atom stereocenters. The highest BCUT2D eigenvalue weighted by atomic mass is 31.1. The Morgan fingerprint density at radius 2 is 0.808 bits per heavy atom. The minimum atomic E-state index is -1.99. The molecule has 0 heterocycles. The van der Waals surface area contributed by atoms with Gasteiger partial charge in [-0.05, 0) is 25.7 Å². The van der Waals surface area contributed by atoms with Crippen LogP contribution in [0, 0.1) is 0 Å². The molecule has 0 aromatic heterocycles. The number of rotatable bonds is 20. The van der Waals surface area contributed by atoms with Gasteiger partial charge >= 0.3 is 8.25 Å². The first-order valence-electron chi connectivity index (χ1n) is 11.5. The third-order valence-corrected chi connectivity index (χ3v) is 5.93. The second-order valence-electron chi connectivity index (χ2n) is 7.66. The minimum Gasteiger partial charge on any atom is -0.116 e. The van der Waals surface area contributed by atoms with Crippen LogP contribution in [0.1, 0.15) is 130 Å². The SMILES string of the molecule is CCCCCC(CCCCC)O[P+](=O)OC(CCCCC)CCCCC. The predicted octanol–water partition coefficient (Wildman–Crippen LogP) is 8.74. The summed E-state index contributed by atoms with van der Waals surface area (Å²) in [7, 11) is -1.99. The molecule has 0 atom stereocenters. The molecule has 0 rings (SSSR count). The van der Waals surface area contributed by atoms with Crippen LogP contribution >= 0.6 is 8.25 Å². The normalized spacial score (nSPS) is 11.6. The summed E-state index contributed by atoms with van der Waals surface area (Å²) >= 11 is 0. The smallest absolute Gasteiger partial charge is 0.116 e. The van der Waals surface area contributed by atoms with Gasteiger partial charge in [-0.15, -0.1) is 9.05 Å². The van der Waals surface area contributed by atoms with Gasteiger partial charge in [-0.2, -0.15) is 0 Å². The van der Waals surface area contributed by atoms with Crippen molar-refractivity contribution in [3.63, 3.8) is 0 Å². The van der Waals surface area contributed by atoms with Gasteiger partial charge in [-0.1, -0.05) is 105 Å². The average molecular weight is 390 g/mol. The van der Waals surface area contributed by atoms with E-state index in [-0.39, 0.29) is 12.2 Å². The van der Waals surface area contributed by atoms with E-state index in [1.807, 2.05) is 0 Å². The Bertz CT molecular complexity index is 262. The highest BCUT2D eigenvalue weighted by Crippen LogP contribution is 2.34. The molecule has 0 saturated carbocycles. The topological polar surface area (TPSA) is 35.5 Å². The van der Waals surface area contributed by atoms with Gasteiger partial charge in [0.15, 0.2) is 0 Å². The van der Waals surface area contributed by atoms with Crippen LogP contribution in [-0.2, 0) is 13.6 Å². The summed E-state index contributed by atoms with van der Waals surface area (Å²) in [4.78, 5) is 0. The molecule has 3 nitrogen and oxygen atoms in total. The van der Waals surface area contributed by atoms with Crippen molar-refractivity contribution in [2.75, 3.05) is 0 Å². The zero-order valence-corrected chi connectivity index (χ0v) is 19.0. The van der Waals surface area contributed by atoms with Crippen molar-refractivity contribution >= 4 is 8.25 Å². The van der Waals surface area contributed by atoms with E-state index in [2.05, 4.69) is 27.7 Å². The third-order valence-electron chi connectivity index (χ3n) is 4.99. The molecule has 156 valence electrons. The molecule has 0 aliphatic rings. The molecule has 0 aliphatic heterocycles. The van der Waals surface area contributed by atoms with Gasteiger partial charge in [0.25, 0.3) is 0 Å². The summed E-state index contributed by atoms with van der Waals surface area (Å²) in [5, 5.41) is 0. The summed E-state index contributed by atoms with van der Waals surface area (Å²) in [5.74, 6) is 0. The summed E-state index contributed by atoms with van der Waals surface area (Å²) in [6.45, 7) is 8.86. The first-order valence-corrected chi connectivity index (χ1v) is 12.6. The lowest BCUT2D eigenvalue weighted by molar-refractivity contribution is 0.107. The maximum atomic E-state index is 12.5. The fourth-order valence-corrected chi connectivity index (χ4v) is 4.21. The fourth-order valence-electron chi connectivity index (χ4n) is 3.26. The fraction of sp³-hybridized carbons (Fsp3) is 1.00. The first-order chi connectivity index (χ1) is 12.7. The predicted molar refractivity (Wildman–Crippen MR) is 114 cm³/mol. The molecule has 0 radical (unpaired) electrons. The summed E-state index contributed by atoms with van der Waals surface area (Å²) < 4.78 is 24.2. The van der Waals surface area contributed by atoms with Crippen molar-refractivity contribution in [2.45, 2.75) is 143 Å². The standard InChI is InChI=1S/C22H46O3P/c1-5-9-13-17-21(18-14-10-6-2)24-26(23)25-22(19-15-11-7-3)20-16-12-8-4/h21-22H,5-20H2,1-4H3/q+1. The lowest BCUT2D eigenvalue weighted by Crippen LogP contribution is -2.13. The second-order valence-corrected chi connectivity index (χ2v) is 8.53. The molecule has 0 saturated heterocycles. The minimum absolute atomic E-state index is 0.101. The van der Waals surface area contributed by atoms with Gasteiger partial charge in [-0.3, -0.25) is 0 Å². The van der Waals surface area contributed by atoms with E-state index in [9.17, 15) is 4.57 Å². The van der Waals surface area contributed by atoms with Crippen molar-refractivity contribution in [3.8, 4) is 0 Å². The van der Waals surface area contributed by atoms with Crippen molar-refractivity contribution in [1.82, 2.24) is 0 Å². The molecule has 0 aliphatic carbocycles. The molecular formula is C22H46O3P+. The van der Waals surface area contributed by atoms with Crippen molar-refractivity contribution < 1.29 is 13.6 Å². The van der Waals surface area contributed by atoms with E-state index in [1.165, 1.54) is 51.4 Å². The number of unbranched alkanes of at least 4 members (excludes halogenated alkanes) is 8. The molecule has 4 heteroatoms. The zero-order chi connectivity index (χ0) is 19.5. The molecular weight excluding hydrogens is 343 g/mol. The van der Waals surface area contributed by atoms with Crippen LogP contribution in [0.15, 0.2) is 0 Å². The molecule has 0 aromatic carbocycles. The molecule has 0 spiro atoms. The molecule has 26 heavy (non-hydrogen) atoms. The lowest BCUT2D eigenvalue weighted by atomic mass is 10.0. The van der Waals surface area contributed by atoms with Gasteiger partial charge in [0, 0.05) is 4.57 Å². The Morgan fingerprint density at radius 3 is 1.04 bits per heavy atom. The molecule has 0 aromatic rings. The second kappa shape index (κ2) is 19.8. The Hall–Kier alpha value is 0.0200. The number of hydrogen-bond acceptors (Lipinski definition) is 3. The Kier molecular flexibility index (Phi) is 19.8. The van der Waals surface area contributed by atoms with E-state index in [0.717, 1.165) is 51.4 Å². The highest BCUT2D eigenvalue weighted by Gasteiger charge is 2.31. The monoisotopic (exact) mass is 389 g/mol. The van der Waals surface area contributed by atoms with Gasteiger partial charge in [0.2, 0.25) is 0 Å². The van der Waals surface area contributed by atoms with Crippen LogP contribution in [0.5, 0.6) is 0 Å². The van der Waals surface area contributed by atoms with Gasteiger partial charge in [0.05, 0.1) is 0 Å². The molecule has 0 fully saturated rings. The number of hydrogen-bond donors (Lipinski definition) is 0. The maximum Gasteiger partial charge on any atom is 0.697 e.